The van der Waals surface area contributed by atoms with Gasteiger partial charge in [-0.2, -0.15) is 0 Å². The molecule has 0 aliphatic carbocycles. The van der Waals surface area contributed by atoms with E-state index in [1.807, 2.05) is 0 Å². The molecule has 1 amide bonds. The van der Waals surface area contributed by atoms with E-state index in [4.69, 9.17) is 0 Å². The first-order valence-electron chi connectivity index (χ1n) is 5.56. The Morgan fingerprint density at radius 1 is 1.64 bits per heavy atom. The molecular formula is C11H21N2O. The minimum atomic E-state index is 0.0701. The molecule has 0 aromatic heterocycles. The highest BCUT2D eigenvalue weighted by atomic mass is 16.1. The molecule has 1 atom stereocenters. The number of likely N-dealkylation sites (tertiary alicyclic amines) is 1. The second-order valence-electron chi connectivity index (χ2n) is 3.92. The van der Waals surface area contributed by atoms with Crippen LogP contribution < -0.4 is 5.32 Å². The number of nitrogens with one attached hydrogen (secondary N) is 1. The number of unbranched alkanes of at least 4 members (excludes halogenated alkanes) is 1. The van der Waals surface area contributed by atoms with Crippen molar-refractivity contribution in [1.29, 1.82) is 0 Å². The van der Waals surface area contributed by atoms with Gasteiger partial charge in [0.05, 0.1) is 0 Å². The number of hydrogen-bond donors (Lipinski definition) is 1. The van der Waals surface area contributed by atoms with Gasteiger partial charge in [0.2, 0.25) is 5.91 Å². The summed E-state index contributed by atoms with van der Waals surface area (Å²) in [6.07, 6.45) is 5.97. The van der Waals surface area contributed by atoms with Crippen molar-refractivity contribution in [3.05, 3.63) is 6.42 Å². The van der Waals surface area contributed by atoms with Gasteiger partial charge in [-0.3, -0.25) is 9.69 Å². The third kappa shape index (κ3) is 3.66. The first-order valence-corrected chi connectivity index (χ1v) is 5.56. The molecule has 1 fully saturated rings. The van der Waals surface area contributed by atoms with Crippen LogP contribution in [0.2, 0.25) is 0 Å². The smallest absolute Gasteiger partial charge is 0.216 e. The van der Waals surface area contributed by atoms with Gasteiger partial charge in [-0.1, -0.05) is 13.3 Å². The summed E-state index contributed by atoms with van der Waals surface area (Å²) in [5.74, 6) is 0.0701. The zero-order chi connectivity index (χ0) is 10.4. The first kappa shape index (κ1) is 11.5. The van der Waals surface area contributed by atoms with Crippen molar-refractivity contribution in [2.24, 2.45) is 0 Å². The quantitative estimate of drug-likeness (QED) is 0.718. The Balaban J connectivity index is 2.24. The van der Waals surface area contributed by atoms with Gasteiger partial charge in [-0.05, 0) is 32.4 Å². The van der Waals surface area contributed by atoms with E-state index in [1.54, 1.807) is 6.92 Å². The second-order valence-corrected chi connectivity index (χ2v) is 3.92. The summed E-state index contributed by atoms with van der Waals surface area (Å²) < 4.78 is 0. The highest BCUT2D eigenvalue weighted by molar-refractivity contribution is 5.72. The van der Waals surface area contributed by atoms with Gasteiger partial charge >= 0.3 is 0 Å². The average molecular weight is 197 g/mol. The molecule has 1 heterocycles. The molecule has 3 nitrogen and oxygen atoms in total. The fourth-order valence-electron chi connectivity index (χ4n) is 1.85. The van der Waals surface area contributed by atoms with Crippen molar-refractivity contribution in [2.75, 3.05) is 19.6 Å². The van der Waals surface area contributed by atoms with Crippen molar-refractivity contribution in [2.45, 2.75) is 39.2 Å². The zero-order valence-corrected chi connectivity index (χ0v) is 9.25. The second kappa shape index (κ2) is 6.02. The van der Waals surface area contributed by atoms with Crippen LogP contribution in [0.5, 0.6) is 0 Å². The normalized spacial score (nSPS) is 22.6. The van der Waals surface area contributed by atoms with Crippen LogP contribution in [-0.2, 0) is 4.79 Å². The van der Waals surface area contributed by atoms with Crippen molar-refractivity contribution in [1.82, 2.24) is 10.2 Å². The predicted octanol–water partition coefficient (Wildman–Crippen LogP) is 1.20. The van der Waals surface area contributed by atoms with Gasteiger partial charge in [0.1, 0.15) is 0 Å². The molecule has 3 heteroatoms. The Morgan fingerprint density at radius 3 is 3.07 bits per heavy atom. The topological polar surface area (TPSA) is 32.3 Å². The summed E-state index contributed by atoms with van der Waals surface area (Å²) in [6.45, 7) is 6.88. The van der Waals surface area contributed by atoms with Crippen molar-refractivity contribution >= 4 is 5.91 Å². The van der Waals surface area contributed by atoms with E-state index in [0.29, 0.717) is 6.04 Å². The van der Waals surface area contributed by atoms with Gasteiger partial charge in [0, 0.05) is 19.5 Å². The molecule has 81 valence electrons. The first-order chi connectivity index (χ1) is 6.74. The van der Waals surface area contributed by atoms with E-state index in [0.717, 1.165) is 26.1 Å². The molecule has 0 aromatic carbocycles. The van der Waals surface area contributed by atoms with Crippen LogP contribution in [0.1, 0.15) is 33.1 Å². The number of hydrogen-bond acceptors (Lipinski definition) is 2. The van der Waals surface area contributed by atoms with Gasteiger partial charge in [-0.25, -0.2) is 0 Å². The van der Waals surface area contributed by atoms with Crippen LogP contribution in [-0.4, -0.2) is 36.5 Å². The zero-order valence-electron chi connectivity index (χ0n) is 9.25. The molecule has 0 spiro atoms. The van der Waals surface area contributed by atoms with Crippen LogP contribution in [0, 0.1) is 6.42 Å². The Kier molecular flexibility index (Phi) is 4.94. The van der Waals surface area contributed by atoms with Crippen LogP contribution in [0.4, 0.5) is 0 Å². The standard InChI is InChI=1S/C11H21N2O/c1-3-4-7-13-8-5-6-11(13)9-12-10(2)14/h6,11H,3-5,7-9H2,1-2H3,(H,12,14). The maximum Gasteiger partial charge on any atom is 0.216 e. The lowest BCUT2D eigenvalue weighted by molar-refractivity contribution is -0.119. The lowest BCUT2D eigenvalue weighted by Crippen LogP contribution is -2.40. The fourth-order valence-corrected chi connectivity index (χ4v) is 1.85. The SMILES string of the molecule is CCCCN1CC[CH]C1CNC(C)=O. The summed E-state index contributed by atoms with van der Waals surface area (Å²) in [5, 5.41) is 2.88. The highest BCUT2D eigenvalue weighted by Gasteiger charge is 2.23. The Hall–Kier alpha value is -0.570. The lowest BCUT2D eigenvalue weighted by atomic mass is 10.2. The summed E-state index contributed by atoms with van der Waals surface area (Å²) in [6, 6.07) is 0.463. The number of rotatable bonds is 5. The molecule has 0 aromatic rings. The highest BCUT2D eigenvalue weighted by Crippen LogP contribution is 2.15. The molecule has 1 aliphatic heterocycles. The van der Waals surface area contributed by atoms with Crippen LogP contribution >= 0.6 is 0 Å². The fraction of sp³-hybridized carbons (Fsp3) is 0.818. The van der Waals surface area contributed by atoms with Crippen molar-refractivity contribution in [3.8, 4) is 0 Å². The lowest BCUT2D eigenvalue weighted by Gasteiger charge is -2.23. The van der Waals surface area contributed by atoms with Crippen LogP contribution in [0.3, 0.4) is 0 Å². The maximum atomic E-state index is 10.8. The molecule has 1 radical (unpaired) electrons. The molecule has 1 N–H and O–H groups in total. The molecule has 1 unspecified atom stereocenters. The molecular weight excluding hydrogens is 176 g/mol. The Morgan fingerprint density at radius 2 is 2.43 bits per heavy atom. The number of carbonyl (C=O) groups excluding carboxylic acids is 1. The minimum Gasteiger partial charge on any atom is -0.355 e. The van der Waals surface area contributed by atoms with E-state index in [1.165, 1.54) is 12.8 Å². The van der Waals surface area contributed by atoms with Crippen molar-refractivity contribution in [3.63, 3.8) is 0 Å². The summed E-state index contributed by atoms with van der Waals surface area (Å²) in [4.78, 5) is 13.2. The molecule has 1 aliphatic rings. The van der Waals surface area contributed by atoms with Crippen molar-refractivity contribution < 1.29 is 4.79 Å². The Bertz CT molecular complexity index is 182. The van der Waals surface area contributed by atoms with Gasteiger partial charge in [-0.15, -0.1) is 0 Å². The average Bonchev–Trinajstić information content (AvgIpc) is 2.58. The molecule has 1 saturated heterocycles. The van der Waals surface area contributed by atoms with Gasteiger partial charge in [0.25, 0.3) is 0 Å². The number of carbonyl (C=O) groups is 1. The third-order valence-corrected chi connectivity index (χ3v) is 2.68. The van der Waals surface area contributed by atoms with E-state index in [-0.39, 0.29) is 5.91 Å². The molecule has 14 heavy (non-hydrogen) atoms. The van der Waals surface area contributed by atoms with E-state index in [2.05, 4.69) is 23.6 Å². The molecule has 0 saturated carbocycles. The number of nitrogens with zero attached hydrogens (tertiary/aromatic N) is 1. The number of amides is 1. The van der Waals surface area contributed by atoms with Crippen LogP contribution in [0.15, 0.2) is 0 Å². The van der Waals surface area contributed by atoms with Gasteiger partial charge in [0.15, 0.2) is 0 Å². The summed E-state index contributed by atoms with van der Waals surface area (Å²) >= 11 is 0. The van der Waals surface area contributed by atoms with Crippen LogP contribution in [0.25, 0.3) is 0 Å². The molecule has 1 rings (SSSR count). The largest absolute Gasteiger partial charge is 0.355 e. The van der Waals surface area contributed by atoms with E-state index < -0.39 is 0 Å². The van der Waals surface area contributed by atoms with E-state index in [9.17, 15) is 4.79 Å². The maximum absolute atomic E-state index is 10.8. The summed E-state index contributed by atoms with van der Waals surface area (Å²) in [5.41, 5.74) is 0. The third-order valence-electron chi connectivity index (χ3n) is 2.68. The predicted molar refractivity (Wildman–Crippen MR) is 57.9 cm³/mol. The monoisotopic (exact) mass is 197 g/mol. The Labute approximate surface area is 86.9 Å². The minimum absolute atomic E-state index is 0.0701. The van der Waals surface area contributed by atoms with E-state index >= 15 is 0 Å². The molecule has 0 bridgehead atoms. The summed E-state index contributed by atoms with van der Waals surface area (Å²) in [7, 11) is 0. The van der Waals surface area contributed by atoms with Gasteiger partial charge < -0.3 is 5.32 Å².